The lowest BCUT2D eigenvalue weighted by molar-refractivity contribution is 0.0764. The fraction of sp³-hybridized carbons (Fsp3) is 0.538. The number of aromatic nitrogens is 1. The molecule has 0 spiro atoms. The average molecular weight is 329 g/mol. The maximum absolute atomic E-state index is 12.4. The first kappa shape index (κ1) is 13.9. The summed E-state index contributed by atoms with van der Waals surface area (Å²) < 4.78 is 1.11. The summed E-state index contributed by atoms with van der Waals surface area (Å²) in [5.41, 5.74) is 0.661. The number of thioether (sulfide) groups is 1. The monoisotopic (exact) mass is 328 g/mol. The second-order valence-electron chi connectivity index (χ2n) is 5.04. The third-order valence-electron chi connectivity index (χ3n) is 3.08. The van der Waals surface area contributed by atoms with Gasteiger partial charge in [0.15, 0.2) is 0 Å². The summed E-state index contributed by atoms with van der Waals surface area (Å²) in [6.07, 6.45) is 4.36. The molecule has 1 aromatic heterocycles. The minimum absolute atomic E-state index is 0.0853. The first-order valence-electron chi connectivity index (χ1n) is 6.02. The molecule has 5 heteroatoms. The van der Waals surface area contributed by atoms with Crippen LogP contribution < -0.4 is 0 Å². The van der Waals surface area contributed by atoms with E-state index < -0.39 is 0 Å². The zero-order valence-electron chi connectivity index (χ0n) is 10.6. The van der Waals surface area contributed by atoms with Crippen molar-refractivity contribution in [2.24, 2.45) is 0 Å². The quantitative estimate of drug-likeness (QED) is 0.793. The van der Waals surface area contributed by atoms with Crippen molar-refractivity contribution < 1.29 is 4.79 Å². The van der Waals surface area contributed by atoms with E-state index in [2.05, 4.69) is 34.8 Å². The Labute approximate surface area is 120 Å². The maximum atomic E-state index is 12.4. The fourth-order valence-corrected chi connectivity index (χ4v) is 3.40. The van der Waals surface area contributed by atoms with Gasteiger partial charge in [0, 0.05) is 40.5 Å². The summed E-state index contributed by atoms with van der Waals surface area (Å²) >= 11 is 5.29. The Hall–Kier alpha value is -0.550. The van der Waals surface area contributed by atoms with Crippen LogP contribution in [0.3, 0.4) is 0 Å². The lowest BCUT2D eigenvalue weighted by atomic mass is 10.1. The average Bonchev–Trinajstić information content (AvgIpc) is 2.49. The van der Waals surface area contributed by atoms with Gasteiger partial charge in [-0.1, -0.05) is 13.8 Å². The number of hydrogen-bond acceptors (Lipinski definition) is 3. The van der Waals surface area contributed by atoms with Crippen molar-refractivity contribution in [3.05, 3.63) is 28.5 Å². The molecule has 0 bridgehead atoms. The molecule has 0 aromatic carbocycles. The molecule has 0 radical (unpaired) electrons. The van der Waals surface area contributed by atoms with Gasteiger partial charge in [0.2, 0.25) is 0 Å². The molecule has 1 saturated heterocycles. The SMILES string of the molecule is CC1(C)CCN(C(=O)c2cncc(Br)c2)CCS1. The van der Waals surface area contributed by atoms with Gasteiger partial charge in [-0.15, -0.1) is 0 Å². The number of rotatable bonds is 1. The lowest BCUT2D eigenvalue weighted by Gasteiger charge is -2.22. The number of nitrogens with zero attached hydrogens (tertiary/aromatic N) is 2. The molecular formula is C13H17BrN2OS. The molecule has 1 amide bonds. The van der Waals surface area contributed by atoms with E-state index in [1.807, 2.05) is 22.7 Å². The summed E-state index contributed by atoms with van der Waals surface area (Å²) in [6, 6.07) is 1.83. The standard InChI is InChI=1S/C13H17BrN2OS/c1-13(2)3-4-16(5-6-18-13)12(17)10-7-11(14)9-15-8-10/h7-9H,3-6H2,1-2H3. The van der Waals surface area contributed by atoms with E-state index in [1.165, 1.54) is 0 Å². The van der Waals surface area contributed by atoms with Crippen LogP contribution in [0.2, 0.25) is 0 Å². The Bertz CT molecular complexity index is 450. The van der Waals surface area contributed by atoms with Gasteiger partial charge in [-0.2, -0.15) is 11.8 Å². The van der Waals surface area contributed by atoms with Crippen LogP contribution in [0.5, 0.6) is 0 Å². The first-order chi connectivity index (χ1) is 8.48. The van der Waals surface area contributed by atoms with E-state index in [0.29, 0.717) is 5.56 Å². The van der Waals surface area contributed by atoms with Crippen LogP contribution in [0.4, 0.5) is 0 Å². The molecular weight excluding hydrogens is 312 g/mol. The molecule has 1 aliphatic heterocycles. The third-order valence-corrected chi connectivity index (χ3v) is 4.88. The first-order valence-corrected chi connectivity index (χ1v) is 7.80. The highest BCUT2D eigenvalue weighted by Crippen LogP contribution is 2.31. The zero-order valence-corrected chi connectivity index (χ0v) is 13.1. The number of hydrogen-bond donors (Lipinski definition) is 0. The highest BCUT2D eigenvalue weighted by molar-refractivity contribution is 9.10. The molecule has 0 N–H and O–H groups in total. The minimum Gasteiger partial charge on any atom is -0.338 e. The smallest absolute Gasteiger partial charge is 0.255 e. The van der Waals surface area contributed by atoms with Crippen LogP contribution in [-0.4, -0.2) is 39.4 Å². The Balaban J connectivity index is 2.10. The van der Waals surface area contributed by atoms with Crippen LogP contribution in [0.1, 0.15) is 30.6 Å². The summed E-state index contributed by atoms with van der Waals surface area (Å²) in [7, 11) is 0. The van der Waals surface area contributed by atoms with Gasteiger partial charge in [-0.25, -0.2) is 0 Å². The molecule has 2 rings (SSSR count). The molecule has 0 saturated carbocycles. The van der Waals surface area contributed by atoms with Crippen molar-refractivity contribution in [1.29, 1.82) is 0 Å². The number of amides is 1. The Kier molecular flexibility index (Phi) is 4.33. The van der Waals surface area contributed by atoms with Gasteiger partial charge < -0.3 is 4.90 Å². The summed E-state index contributed by atoms with van der Waals surface area (Å²) in [5, 5.41) is 0. The molecule has 18 heavy (non-hydrogen) atoms. The maximum Gasteiger partial charge on any atom is 0.255 e. The number of halogens is 1. The molecule has 0 aliphatic carbocycles. The highest BCUT2D eigenvalue weighted by atomic mass is 79.9. The van der Waals surface area contributed by atoms with Crippen LogP contribution in [0.15, 0.2) is 22.9 Å². The van der Waals surface area contributed by atoms with Gasteiger partial charge >= 0.3 is 0 Å². The molecule has 0 atom stereocenters. The van der Waals surface area contributed by atoms with E-state index >= 15 is 0 Å². The van der Waals surface area contributed by atoms with Crippen LogP contribution in [0, 0.1) is 0 Å². The number of carbonyl (C=O) groups is 1. The second-order valence-corrected chi connectivity index (χ2v) is 7.76. The van der Waals surface area contributed by atoms with Crippen molar-refractivity contribution in [3.8, 4) is 0 Å². The van der Waals surface area contributed by atoms with Gasteiger partial charge in [0.1, 0.15) is 0 Å². The van der Waals surface area contributed by atoms with Crippen LogP contribution in [-0.2, 0) is 0 Å². The van der Waals surface area contributed by atoms with Crippen molar-refractivity contribution in [3.63, 3.8) is 0 Å². The normalized spacial score (nSPS) is 19.4. The zero-order chi connectivity index (χ0) is 13.2. The predicted octanol–water partition coefficient (Wildman–Crippen LogP) is 3.20. The summed E-state index contributed by atoms with van der Waals surface area (Å²) in [4.78, 5) is 18.4. The Morgan fingerprint density at radius 1 is 1.44 bits per heavy atom. The van der Waals surface area contributed by atoms with Crippen LogP contribution >= 0.6 is 27.7 Å². The summed E-state index contributed by atoms with van der Waals surface area (Å²) in [5.74, 6) is 1.09. The largest absolute Gasteiger partial charge is 0.338 e. The van der Waals surface area contributed by atoms with E-state index in [0.717, 1.165) is 29.7 Å². The fourth-order valence-electron chi connectivity index (χ4n) is 1.93. The third kappa shape index (κ3) is 3.48. The molecule has 98 valence electrons. The highest BCUT2D eigenvalue weighted by Gasteiger charge is 2.26. The molecule has 1 aromatic rings. The predicted molar refractivity (Wildman–Crippen MR) is 79.0 cm³/mol. The summed E-state index contributed by atoms with van der Waals surface area (Å²) in [6.45, 7) is 6.13. The molecule has 2 heterocycles. The minimum atomic E-state index is 0.0853. The van der Waals surface area contributed by atoms with Crippen LogP contribution in [0.25, 0.3) is 0 Å². The van der Waals surface area contributed by atoms with Gasteiger partial charge in [0.25, 0.3) is 5.91 Å². The van der Waals surface area contributed by atoms with Crippen molar-refractivity contribution >= 4 is 33.6 Å². The van der Waals surface area contributed by atoms with Gasteiger partial charge in [0.05, 0.1) is 5.56 Å². The van der Waals surface area contributed by atoms with Gasteiger partial charge in [-0.05, 0) is 28.4 Å². The Morgan fingerprint density at radius 2 is 2.22 bits per heavy atom. The van der Waals surface area contributed by atoms with E-state index in [9.17, 15) is 4.79 Å². The second kappa shape index (κ2) is 5.61. The van der Waals surface area contributed by atoms with E-state index in [4.69, 9.17) is 0 Å². The molecule has 1 aliphatic rings. The molecule has 3 nitrogen and oxygen atoms in total. The van der Waals surface area contributed by atoms with E-state index in [1.54, 1.807) is 12.4 Å². The lowest BCUT2D eigenvalue weighted by Crippen LogP contribution is -2.33. The van der Waals surface area contributed by atoms with E-state index in [-0.39, 0.29) is 10.7 Å². The number of pyridine rings is 1. The van der Waals surface area contributed by atoms with Crippen molar-refractivity contribution in [2.45, 2.75) is 25.0 Å². The molecule has 1 fully saturated rings. The van der Waals surface area contributed by atoms with Crippen molar-refractivity contribution in [1.82, 2.24) is 9.88 Å². The molecule has 0 unspecified atom stereocenters. The Morgan fingerprint density at radius 3 is 2.94 bits per heavy atom. The van der Waals surface area contributed by atoms with Gasteiger partial charge in [-0.3, -0.25) is 9.78 Å². The number of carbonyl (C=O) groups excluding carboxylic acids is 1. The topological polar surface area (TPSA) is 33.2 Å². The van der Waals surface area contributed by atoms with Crippen molar-refractivity contribution in [2.75, 3.05) is 18.8 Å².